The lowest BCUT2D eigenvalue weighted by molar-refractivity contribution is -0.144. The molecule has 2 atom stereocenters. The van der Waals surface area contributed by atoms with E-state index in [1.165, 1.54) is 16.4 Å². The molecule has 1 aliphatic rings. The Balaban J connectivity index is 2.03. The van der Waals surface area contributed by atoms with Crippen LogP contribution < -0.4 is 0 Å². The van der Waals surface area contributed by atoms with Crippen molar-refractivity contribution in [2.24, 2.45) is 5.92 Å². The fourth-order valence-electron chi connectivity index (χ4n) is 3.53. The third kappa shape index (κ3) is 3.65. The minimum absolute atomic E-state index is 0.0864. The predicted octanol–water partition coefficient (Wildman–Crippen LogP) is 2.79. The van der Waals surface area contributed by atoms with Crippen molar-refractivity contribution < 1.29 is 23.1 Å². The highest BCUT2D eigenvalue weighted by atomic mass is 32.2. The topological polar surface area (TPSA) is 91.8 Å². The summed E-state index contributed by atoms with van der Waals surface area (Å²) in [5.41, 5.74) is 0.489. The average Bonchev–Trinajstić information content (AvgIpc) is 2.68. The number of sulfonamides is 1. The van der Waals surface area contributed by atoms with Crippen molar-refractivity contribution in [3.63, 3.8) is 0 Å². The molecule has 1 aliphatic heterocycles. The first-order valence-corrected chi connectivity index (χ1v) is 10.2. The molecule has 0 aromatic heterocycles. The number of piperidine rings is 1. The molecule has 0 bridgehead atoms. The first kappa shape index (κ1) is 19.3. The van der Waals surface area contributed by atoms with Crippen molar-refractivity contribution in [1.82, 2.24) is 4.31 Å². The van der Waals surface area contributed by atoms with Crippen LogP contribution in [0.2, 0.25) is 0 Å². The number of carbonyl (C=O) groups excluding carboxylic acids is 1. The van der Waals surface area contributed by atoms with Crippen LogP contribution in [0.4, 0.5) is 0 Å². The maximum absolute atomic E-state index is 13.3. The van der Waals surface area contributed by atoms with Crippen LogP contribution in [0.3, 0.4) is 0 Å². The zero-order valence-electron chi connectivity index (χ0n) is 14.9. The van der Waals surface area contributed by atoms with Gasteiger partial charge in [-0.25, -0.2) is 8.42 Å². The van der Waals surface area contributed by atoms with Crippen molar-refractivity contribution in [1.29, 1.82) is 0 Å². The summed E-state index contributed by atoms with van der Waals surface area (Å²) in [7, 11) is -4.01. The summed E-state index contributed by atoms with van der Waals surface area (Å²) >= 11 is 0. The van der Waals surface area contributed by atoms with Gasteiger partial charge in [-0.1, -0.05) is 42.5 Å². The number of carboxylic acid groups (broad SMARTS) is 1. The molecule has 6 nitrogen and oxygen atoms in total. The second kappa shape index (κ2) is 7.62. The SMILES string of the molecule is C[C@@H]1[C@H](C(=O)O)CCCN1S(=O)(=O)c1ccccc1C(=O)c1ccccc1. The van der Waals surface area contributed by atoms with Gasteiger partial charge in [0.05, 0.1) is 10.8 Å². The quantitative estimate of drug-likeness (QED) is 0.797. The monoisotopic (exact) mass is 387 g/mol. The number of rotatable bonds is 5. The van der Waals surface area contributed by atoms with Gasteiger partial charge in [-0.05, 0) is 31.9 Å². The molecule has 0 amide bonds. The van der Waals surface area contributed by atoms with Crippen LogP contribution in [0.15, 0.2) is 59.5 Å². The highest BCUT2D eigenvalue weighted by molar-refractivity contribution is 7.89. The Hall–Kier alpha value is -2.51. The van der Waals surface area contributed by atoms with Gasteiger partial charge in [0.1, 0.15) is 0 Å². The molecule has 1 N–H and O–H groups in total. The number of carboxylic acids is 1. The summed E-state index contributed by atoms with van der Waals surface area (Å²) in [6, 6.07) is 13.9. The van der Waals surface area contributed by atoms with Crippen LogP contribution in [0.1, 0.15) is 35.7 Å². The number of benzene rings is 2. The second-order valence-electron chi connectivity index (χ2n) is 6.63. The fraction of sp³-hybridized carbons (Fsp3) is 0.300. The van der Waals surface area contributed by atoms with Crippen molar-refractivity contribution in [3.05, 3.63) is 65.7 Å². The molecule has 1 saturated heterocycles. The van der Waals surface area contributed by atoms with Crippen molar-refractivity contribution in [2.45, 2.75) is 30.7 Å². The molecule has 2 aromatic carbocycles. The maximum Gasteiger partial charge on any atom is 0.308 e. The smallest absolute Gasteiger partial charge is 0.308 e. The van der Waals surface area contributed by atoms with Crippen LogP contribution >= 0.6 is 0 Å². The highest BCUT2D eigenvalue weighted by Crippen LogP contribution is 2.31. The molecular formula is C20H21NO5S. The Morgan fingerprint density at radius 1 is 1.04 bits per heavy atom. The zero-order chi connectivity index (χ0) is 19.6. The molecule has 1 heterocycles. The van der Waals surface area contributed by atoms with E-state index in [4.69, 9.17) is 0 Å². The Bertz CT molecular complexity index is 955. The number of hydrogen-bond donors (Lipinski definition) is 1. The standard InChI is InChI=1S/C20H21NO5S/c1-14-16(20(23)24)11-7-13-21(14)27(25,26)18-12-6-5-10-17(18)19(22)15-8-3-2-4-9-15/h2-6,8-10,12,14,16H,7,11,13H2,1H3,(H,23,24)/t14-,16-/m1/s1. The lowest BCUT2D eigenvalue weighted by atomic mass is 9.92. The number of carbonyl (C=O) groups is 2. The lowest BCUT2D eigenvalue weighted by Gasteiger charge is -2.36. The third-order valence-corrected chi connectivity index (χ3v) is 7.05. The van der Waals surface area contributed by atoms with Crippen LogP contribution in [-0.4, -0.2) is 42.2 Å². The van der Waals surface area contributed by atoms with Gasteiger partial charge in [0.25, 0.3) is 0 Å². The Morgan fingerprint density at radius 3 is 2.33 bits per heavy atom. The molecule has 142 valence electrons. The molecule has 1 fully saturated rings. The van der Waals surface area contributed by atoms with Gasteiger partial charge in [0.2, 0.25) is 10.0 Å². The predicted molar refractivity (Wildman–Crippen MR) is 100 cm³/mol. The van der Waals surface area contributed by atoms with Crippen molar-refractivity contribution in [3.8, 4) is 0 Å². The number of aliphatic carboxylic acids is 1. The molecule has 27 heavy (non-hydrogen) atoms. The molecule has 0 aliphatic carbocycles. The normalized spacial score (nSPS) is 20.9. The number of hydrogen-bond acceptors (Lipinski definition) is 4. The third-order valence-electron chi connectivity index (χ3n) is 5.00. The van der Waals surface area contributed by atoms with Gasteiger partial charge < -0.3 is 5.11 Å². The van der Waals surface area contributed by atoms with Gasteiger partial charge >= 0.3 is 5.97 Å². The van der Waals surface area contributed by atoms with Gasteiger partial charge in [0.15, 0.2) is 5.78 Å². The average molecular weight is 387 g/mol. The summed E-state index contributed by atoms with van der Waals surface area (Å²) in [6.45, 7) is 1.85. The Kier molecular flexibility index (Phi) is 5.43. The molecule has 0 saturated carbocycles. The van der Waals surface area contributed by atoms with Gasteiger partial charge in [-0.3, -0.25) is 9.59 Å². The first-order chi connectivity index (χ1) is 12.8. The second-order valence-corrected chi connectivity index (χ2v) is 8.49. The molecule has 7 heteroatoms. The van der Waals surface area contributed by atoms with Gasteiger partial charge in [-0.2, -0.15) is 4.31 Å². The van der Waals surface area contributed by atoms with E-state index < -0.39 is 28.0 Å². The molecule has 0 radical (unpaired) electrons. The van der Waals surface area contributed by atoms with E-state index in [0.717, 1.165) is 0 Å². The summed E-state index contributed by atoms with van der Waals surface area (Å²) in [5.74, 6) is -2.14. The highest BCUT2D eigenvalue weighted by Gasteiger charge is 2.40. The van der Waals surface area contributed by atoms with E-state index in [0.29, 0.717) is 18.4 Å². The summed E-state index contributed by atoms with van der Waals surface area (Å²) < 4.78 is 27.8. The van der Waals surface area contributed by atoms with Crippen molar-refractivity contribution in [2.75, 3.05) is 6.54 Å². The largest absolute Gasteiger partial charge is 0.481 e. The van der Waals surface area contributed by atoms with E-state index >= 15 is 0 Å². The van der Waals surface area contributed by atoms with Crippen LogP contribution in [0, 0.1) is 5.92 Å². The zero-order valence-corrected chi connectivity index (χ0v) is 15.7. The summed E-state index contributed by atoms with van der Waals surface area (Å²) in [5, 5.41) is 9.38. The summed E-state index contributed by atoms with van der Waals surface area (Å²) in [4.78, 5) is 24.2. The van der Waals surface area contributed by atoms with E-state index in [-0.39, 0.29) is 22.8 Å². The molecule has 0 spiro atoms. The van der Waals surface area contributed by atoms with Crippen molar-refractivity contribution >= 4 is 21.8 Å². The molecule has 2 aromatic rings. The van der Waals surface area contributed by atoms with Gasteiger partial charge in [0, 0.05) is 23.7 Å². The van der Waals surface area contributed by atoms with E-state index in [2.05, 4.69) is 0 Å². The maximum atomic E-state index is 13.3. The van der Waals surface area contributed by atoms with E-state index in [1.54, 1.807) is 49.4 Å². The van der Waals surface area contributed by atoms with E-state index in [1.807, 2.05) is 0 Å². The number of ketones is 1. The van der Waals surface area contributed by atoms with E-state index in [9.17, 15) is 23.1 Å². The fourth-order valence-corrected chi connectivity index (χ4v) is 5.43. The van der Waals surface area contributed by atoms with Gasteiger partial charge in [-0.15, -0.1) is 0 Å². The lowest BCUT2D eigenvalue weighted by Crippen LogP contribution is -2.49. The molecular weight excluding hydrogens is 366 g/mol. The minimum atomic E-state index is -4.01. The number of nitrogens with zero attached hydrogens (tertiary/aromatic N) is 1. The first-order valence-electron chi connectivity index (χ1n) is 8.77. The van der Waals surface area contributed by atoms with Crippen LogP contribution in [0.5, 0.6) is 0 Å². The van der Waals surface area contributed by atoms with Crippen LogP contribution in [0.25, 0.3) is 0 Å². The Morgan fingerprint density at radius 2 is 1.67 bits per heavy atom. The Labute approximate surface area is 158 Å². The summed E-state index contributed by atoms with van der Waals surface area (Å²) in [6.07, 6.45) is 0.905. The van der Waals surface area contributed by atoms with Crippen LogP contribution in [-0.2, 0) is 14.8 Å². The molecule has 3 rings (SSSR count). The minimum Gasteiger partial charge on any atom is -0.481 e. The molecule has 0 unspecified atom stereocenters.